The molecule has 0 unspecified atom stereocenters. The van der Waals surface area contributed by atoms with E-state index in [2.05, 4.69) is 27.7 Å². The second kappa shape index (κ2) is 14.1. The van der Waals surface area contributed by atoms with Crippen molar-refractivity contribution in [2.75, 3.05) is 13.2 Å². The van der Waals surface area contributed by atoms with Crippen LogP contribution in [0.4, 0.5) is 0 Å². The van der Waals surface area contributed by atoms with Crippen LogP contribution in [-0.4, -0.2) is 21.8 Å². The molecule has 0 spiro atoms. The van der Waals surface area contributed by atoms with Gasteiger partial charge in [0.15, 0.2) is 0 Å². The molecule has 0 aliphatic rings. The second-order valence-corrected chi connectivity index (χ2v) is 9.15. The Balaban J connectivity index is 3.82. The minimum Gasteiger partial charge on any atom is -0.394 e. The maximum Gasteiger partial charge on any atom is 0.338 e. The highest BCUT2D eigenvalue weighted by atomic mass is 28.4. The Kier molecular flexibility index (Phi) is 14.2. The number of hydrogen-bond acceptors (Lipinski definition) is 2. The molecule has 0 saturated carbocycles. The summed E-state index contributed by atoms with van der Waals surface area (Å²) in [6.07, 6.45) is 12.2. The molecule has 0 aliphatic heterocycles. The maximum absolute atomic E-state index is 6.09. The molecule has 0 bridgehead atoms. The van der Waals surface area contributed by atoms with E-state index in [0.29, 0.717) is 0 Å². The molecule has 0 N–H and O–H groups in total. The summed E-state index contributed by atoms with van der Waals surface area (Å²) >= 11 is 0. The maximum atomic E-state index is 6.09. The molecular weight excluding hydrogens is 264 g/mol. The zero-order valence-corrected chi connectivity index (χ0v) is 15.5. The van der Waals surface area contributed by atoms with Crippen molar-refractivity contribution < 1.29 is 8.85 Å². The molecule has 0 aromatic heterocycles. The van der Waals surface area contributed by atoms with Crippen LogP contribution in [0.25, 0.3) is 0 Å². The van der Waals surface area contributed by atoms with Gasteiger partial charge in [-0.05, 0) is 25.9 Å². The van der Waals surface area contributed by atoms with Crippen LogP contribution < -0.4 is 0 Å². The molecular formula is C17H38O2Si. The molecule has 0 amide bonds. The van der Waals surface area contributed by atoms with E-state index in [-0.39, 0.29) is 0 Å². The Labute approximate surface area is 128 Å². The fraction of sp³-hybridized carbons (Fsp3) is 1.00. The monoisotopic (exact) mass is 302 g/mol. The van der Waals surface area contributed by atoms with Crippen molar-refractivity contribution in [2.45, 2.75) is 97.6 Å². The van der Waals surface area contributed by atoms with Crippen LogP contribution in [0.2, 0.25) is 12.1 Å². The van der Waals surface area contributed by atoms with Crippen LogP contribution >= 0.6 is 0 Å². The van der Waals surface area contributed by atoms with E-state index in [0.717, 1.165) is 19.3 Å². The lowest BCUT2D eigenvalue weighted by atomic mass is 10.1. The predicted octanol–water partition coefficient (Wildman–Crippen LogP) is 6.05. The summed E-state index contributed by atoms with van der Waals surface area (Å²) in [5.41, 5.74) is 0. The minimum absolute atomic E-state index is 0.809. The number of rotatable bonds is 15. The molecule has 122 valence electrons. The largest absolute Gasteiger partial charge is 0.394 e. The minimum atomic E-state index is -1.88. The van der Waals surface area contributed by atoms with E-state index in [4.69, 9.17) is 8.85 Å². The summed E-state index contributed by atoms with van der Waals surface area (Å²) < 4.78 is 12.2. The van der Waals surface area contributed by atoms with Crippen LogP contribution in [0.1, 0.15) is 85.5 Å². The summed E-state index contributed by atoms with van der Waals surface area (Å²) in [5, 5.41) is 0. The standard InChI is InChI=1S/C17H38O2Si/c1-5-9-10-11-12-13-14-15-17-20(16-6-2,18-7-3)19-8-4/h5-17H2,1-4H3. The first kappa shape index (κ1) is 20.1. The van der Waals surface area contributed by atoms with Gasteiger partial charge in [-0.1, -0.05) is 71.6 Å². The van der Waals surface area contributed by atoms with Gasteiger partial charge in [-0.15, -0.1) is 0 Å². The Bertz CT molecular complexity index is 180. The SMILES string of the molecule is CCCCCCCCCC[Si](CCC)(OCC)OCC. The molecule has 0 aliphatic carbocycles. The van der Waals surface area contributed by atoms with Crippen LogP contribution in [-0.2, 0) is 8.85 Å². The van der Waals surface area contributed by atoms with Crippen LogP contribution in [0.5, 0.6) is 0 Å². The van der Waals surface area contributed by atoms with Gasteiger partial charge in [0, 0.05) is 13.2 Å². The van der Waals surface area contributed by atoms with E-state index in [1.807, 2.05) is 0 Å². The Morgan fingerprint density at radius 1 is 0.550 bits per heavy atom. The fourth-order valence-electron chi connectivity index (χ4n) is 2.89. The molecule has 2 nitrogen and oxygen atoms in total. The van der Waals surface area contributed by atoms with Crippen LogP contribution in [0.3, 0.4) is 0 Å². The molecule has 3 heteroatoms. The van der Waals surface area contributed by atoms with Gasteiger partial charge in [-0.3, -0.25) is 0 Å². The number of unbranched alkanes of at least 4 members (excludes halogenated alkanes) is 7. The molecule has 20 heavy (non-hydrogen) atoms. The average Bonchev–Trinajstić information content (AvgIpc) is 2.43. The van der Waals surface area contributed by atoms with Gasteiger partial charge in [0.1, 0.15) is 0 Å². The van der Waals surface area contributed by atoms with Crippen molar-refractivity contribution in [1.29, 1.82) is 0 Å². The first-order valence-electron chi connectivity index (χ1n) is 9.02. The molecule has 0 radical (unpaired) electrons. The molecule has 0 atom stereocenters. The highest BCUT2D eigenvalue weighted by molar-refractivity contribution is 6.67. The van der Waals surface area contributed by atoms with Crippen molar-refractivity contribution in [1.82, 2.24) is 0 Å². The summed E-state index contributed by atoms with van der Waals surface area (Å²) in [6.45, 7) is 10.3. The highest BCUT2D eigenvalue weighted by Gasteiger charge is 2.35. The third-order valence-electron chi connectivity index (χ3n) is 3.86. The zero-order chi connectivity index (χ0) is 15.1. The van der Waals surface area contributed by atoms with Gasteiger partial charge in [-0.25, -0.2) is 0 Å². The van der Waals surface area contributed by atoms with Gasteiger partial charge in [0.2, 0.25) is 0 Å². The average molecular weight is 303 g/mol. The van der Waals surface area contributed by atoms with Gasteiger partial charge in [0.25, 0.3) is 0 Å². The van der Waals surface area contributed by atoms with Crippen molar-refractivity contribution in [3.63, 3.8) is 0 Å². The van der Waals surface area contributed by atoms with Gasteiger partial charge < -0.3 is 8.85 Å². The van der Waals surface area contributed by atoms with E-state index in [9.17, 15) is 0 Å². The second-order valence-electron chi connectivity index (χ2n) is 5.75. The van der Waals surface area contributed by atoms with Crippen LogP contribution in [0, 0.1) is 0 Å². The Hall–Kier alpha value is 0.137. The summed E-state index contributed by atoms with van der Waals surface area (Å²) in [5.74, 6) is 0. The van der Waals surface area contributed by atoms with Crippen molar-refractivity contribution in [3.05, 3.63) is 0 Å². The van der Waals surface area contributed by atoms with E-state index in [1.165, 1.54) is 63.8 Å². The third kappa shape index (κ3) is 9.95. The molecule has 0 rings (SSSR count). The molecule has 0 fully saturated rings. The first-order chi connectivity index (χ1) is 9.74. The van der Waals surface area contributed by atoms with Crippen molar-refractivity contribution >= 4 is 8.56 Å². The lowest BCUT2D eigenvalue weighted by Crippen LogP contribution is -2.42. The van der Waals surface area contributed by atoms with E-state index < -0.39 is 8.56 Å². The normalized spacial score (nSPS) is 12.0. The first-order valence-corrected chi connectivity index (χ1v) is 11.3. The lowest BCUT2D eigenvalue weighted by molar-refractivity contribution is 0.181. The van der Waals surface area contributed by atoms with E-state index >= 15 is 0 Å². The molecule has 0 heterocycles. The molecule has 0 saturated heterocycles. The van der Waals surface area contributed by atoms with Gasteiger partial charge in [0.05, 0.1) is 0 Å². The summed E-state index contributed by atoms with van der Waals surface area (Å²) in [7, 11) is -1.88. The van der Waals surface area contributed by atoms with E-state index in [1.54, 1.807) is 0 Å². The fourth-order valence-corrected chi connectivity index (χ4v) is 6.40. The van der Waals surface area contributed by atoms with Crippen LogP contribution in [0.15, 0.2) is 0 Å². The van der Waals surface area contributed by atoms with Gasteiger partial charge >= 0.3 is 8.56 Å². The smallest absolute Gasteiger partial charge is 0.338 e. The Morgan fingerprint density at radius 3 is 1.50 bits per heavy atom. The van der Waals surface area contributed by atoms with Gasteiger partial charge in [-0.2, -0.15) is 0 Å². The molecule has 0 aromatic rings. The molecule has 0 aromatic carbocycles. The lowest BCUT2D eigenvalue weighted by Gasteiger charge is -2.29. The number of hydrogen-bond donors (Lipinski definition) is 0. The summed E-state index contributed by atoms with van der Waals surface area (Å²) in [4.78, 5) is 0. The van der Waals surface area contributed by atoms with Crippen molar-refractivity contribution in [2.24, 2.45) is 0 Å². The topological polar surface area (TPSA) is 18.5 Å². The Morgan fingerprint density at radius 2 is 1.05 bits per heavy atom. The zero-order valence-electron chi connectivity index (χ0n) is 14.5. The third-order valence-corrected chi connectivity index (χ3v) is 7.86. The summed E-state index contributed by atoms with van der Waals surface area (Å²) in [6, 6.07) is 2.35. The van der Waals surface area contributed by atoms with Crippen molar-refractivity contribution in [3.8, 4) is 0 Å². The highest BCUT2D eigenvalue weighted by Crippen LogP contribution is 2.24. The quantitative estimate of drug-likeness (QED) is 0.271. The predicted molar refractivity (Wildman–Crippen MR) is 91.5 cm³/mol.